The van der Waals surface area contributed by atoms with Crippen molar-refractivity contribution in [3.05, 3.63) is 23.5 Å². The van der Waals surface area contributed by atoms with Gasteiger partial charge in [-0.2, -0.15) is 0 Å². The number of aryl methyl sites for hydroxylation is 1. The second kappa shape index (κ2) is 9.62. The third kappa shape index (κ3) is 6.27. The molecule has 0 aromatic heterocycles. The second-order valence-corrected chi connectivity index (χ2v) is 5.59. The van der Waals surface area contributed by atoms with E-state index in [4.69, 9.17) is 5.73 Å². The van der Waals surface area contributed by atoms with Crippen molar-refractivity contribution in [2.24, 2.45) is 0 Å². The smallest absolute Gasteiger partial charge is 0.128 e. The summed E-state index contributed by atoms with van der Waals surface area (Å²) >= 11 is 0. The third-order valence-electron chi connectivity index (χ3n) is 3.68. The molecule has 0 heterocycles. The Labute approximate surface area is 123 Å². The number of nitrogens with one attached hydrogen (secondary N) is 1. The number of halogens is 1. The van der Waals surface area contributed by atoms with Crippen LogP contribution in [0.1, 0.15) is 63.9 Å². The maximum Gasteiger partial charge on any atom is 0.128 e. The minimum atomic E-state index is -0.236. The largest absolute Gasteiger partial charge is 0.397 e. The molecule has 0 atom stereocenters. The van der Waals surface area contributed by atoms with Crippen molar-refractivity contribution in [2.75, 3.05) is 17.6 Å². The molecule has 0 aliphatic rings. The van der Waals surface area contributed by atoms with Gasteiger partial charge in [0.15, 0.2) is 0 Å². The van der Waals surface area contributed by atoms with Crippen molar-refractivity contribution in [1.29, 1.82) is 0 Å². The van der Waals surface area contributed by atoms with Crippen LogP contribution in [0.2, 0.25) is 0 Å². The van der Waals surface area contributed by atoms with Gasteiger partial charge in [0.2, 0.25) is 0 Å². The first-order valence-corrected chi connectivity index (χ1v) is 7.94. The molecule has 0 unspecified atom stereocenters. The molecule has 3 heteroatoms. The molecular weight excluding hydrogens is 251 g/mol. The van der Waals surface area contributed by atoms with Crippen molar-refractivity contribution >= 4 is 11.4 Å². The van der Waals surface area contributed by atoms with Gasteiger partial charge in [-0.3, -0.25) is 0 Å². The maximum atomic E-state index is 13.3. The Morgan fingerprint density at radius 3 is 2.25 bits per heavy atom. The molecule has 0 bridgehead atoms. The first-order chi connectivity index (χ1) is 9.65. The molecule has 2 nitrogen and oxygen atoms in total. The number of anilines is 2. The summed E-state index contributed by atoms with van der Waals surface area (Å²) in [5.74, 6) is -0.236. The Balaban J connectivity index is 2.11. The zero-order chi connectivity index (χ0) is 14.8. The van der Waals surface area contributed by atoms with Gasteiger partial charge in [-0.15, -0.1) is 0 Å². The fourth-order valence-corrected chi connectivity index (χ4v) is 2.33. The molecule has 20 heavy (non-hydrogen) atoms. The van der Waals surface area contributed by atoms with Crippen molar-refractivity contribution in [1.82, 2.24) is 0 Å². The first-order valence-electron chi connectivity index (χ1n) is 7.94. The molecular formula is C17H29FN2. The van der Waals surface area contributed by atoms with E-state index in [9.17, 15) is 4.39 Å². The minimum absolute atomic E-state index is 0.236. The number of unbranched alkanes of at least 4 members (excludes halogenated alkanes) is 7. The highest BCUT2D eigenvalue weighted by atomic mass is 19.1. The molecule has 0 amide bonds. The summed E-state index contributed by atoms with van der Waals surface area (Å²) in [6.45, 7) is 4.91. The number of nitrogen functional groups attached to an aromatic ring is 1. The van der Waals surface area contributed by atoms with Gasteiger partial charge in [0.1, 0.15) is 5.82 Å². The monoisotopic (exact) mass is 280 g/mol. The Kier molecular flexibility index (Phi) is 8.08. The second-order valence-electron chi connectivity index (χ2n) is 5.59. The molecule has 1 aromatic rings. The Morgan fingerprint density at radius 2 is 1.60 bits per heavy atom. The van der Waals surface area contributed by atoms with Crippen LogP contribution >= 0.6 is 0 Å². The normalized spacial score (nSPS) is 10.8. The topological polar surface area (TPSA) is 38.0 Å². The molecule has 0 fully saturated rings. The highest BCUT2D eigenvalue weighted by Crippen LogP contribution is 2.22. The average molecular weight is 280 g/mol. The van der Waals surface area contributed by atoms with Gasteiger partial charge in [-0.1, -0.05) is 51.9 Å². The van der Waals surface area contributed by atoms with E-state index in [2.05, 4.69) is 12.2 Å². The molecule has 0 aliphatic carbocycles. The molecule has 1 rings (SSSR count). The van der Waals surface area contributed by atoms with Crippen molar-refractivity contribution < 1.29 is 4.39 Å². The van der Waals surface area contributed by atoms with Gasteiger partial charge in [0.05, 0.1) is 11.4 Å². The van der Waals surface area contributed by atoms with Crippen LogP contribution in [0, 0.1) is 12.7 Å². The zero-order valence-electron chi connectivity index (χ0n) is 13.0. The van der Waals surface area contributed by atoms with Gasteiger partial charge in [0, 0.05) is 6.54 Å². The number of rotatable bonds is 10. The van der Waals surface area contributed by atoms with Gasteiger partial charge >= 0.3 is 0 Å². The molecule has 1 aromatic carbocycles. The predicted octanol–water partition coefficient (Wildman–Crippen LogP) is 5.27. The van der Waals surface area contributed by atoms with Crippen LogP contribution in [0.4, 0.5) is 15.8 Å². The van der Waals surface area contributed by atoms with Crippen LogP contribution in [0.15, 0.2) is 12.1 Å². The summed E-state index contributed by atoms with van der Waals surface area (Å²) in [7, 11) is 0. The Morgan fingerprint density at radius 1 is 1.00 bits per heavy atom. The molecule has 0 saturated heterocycles. The highest BCUT2D eigenvalue weighted by molar-refractivity contribution is 5.67. The van der Waals surface area contributed by atoms with Crippen LogP contribution in [-0.2, 0) is 0 Å². The lowest BCUT2D eigenvalue weighted by Gasteiger charge is -2.10. The molecule has 0 spiro atoms. The average Bonchev–Trinajstić information content (AvgIpc) is 2.42. The van der Waals surface area contributed by atoms with Crippen molar-refractivity contribution in [3.63, 3.8) is 0 Å². The SMILES string of the molecule is CCCCCCCCCCNc1cc(C)c(F)cc1N. The quantitative estimate of drug-likeness (QED) is 0.452. The number of benzene rings is 1. The summed E-state index contributed by atoms with van der Waals surface area (Å²) in [6.07, 6.45) is 10.5. The van der Waals surface area contributed by atoms with E-state index in [-0.39, 0.29) is 5.82 Å². The number of nitrogens with two attached hydrogens (primary N) is 1. The highest BCUT2D eigenvalue weighted by Gasteiger charge is 2.03. The van der Waals surface area contributed by atoms with Crippen molar-refractivity contribution in [2.45, 2.75) is 65.2 Å². The van der Waals surface area contributed by atoms with Gasteiger partial charge in [-0.25, -0.2) is 4.39 Å². The molecule has 0 aliphatic heterocycles. The van der Waals surface area contributed by atoms with E-state index in [1.807, 2.05) is 0 Å². The van der Waals surface area contributed by atoms with Crippen molar-refractivity contribution in [3.8, 4) is 0 Å². The summed E-state index contributed by atoms with van der Waals surface area (Å²) in [6, 6.07) is 3.18. The van der Waals surface area contributed by atoms with Crippen LogP contribution in [-0.4, -0.2) is 6.54 Å². The van der Waals surface area contributed by atoms with Crippen LogP contribution in [0.3, 0.4) is 0 Å². The Bertz CT molecular complexity index is 391. The maximum absolute atomic E-state index is 13.3. The Hall–Kier alpha value is -1.25. The predicted molar refractivity (Wildman–Crippen MR) is 86.6 cm³/mol. The van der Waals surface area contributed by atoms with Gasteiger partial charge in [-0.05, 0) is 31.0 Å². The van der Waals surface area contributed by atoms with Crippen LogP contribution in [0.25, 0.3) is 0 Å². The molecule has 114 valence electrons. The summed E-state index contributed by atoms with van der Waals surface area (Å²) in [5.41, 5.74) is 7.78. The summed E-state index contributed by atoms with van der Waals surface area (Å²) in [5, 5.41) is 3.30. The van der Waals surface area contributed by atoms with E-state index in [1.54, 1.807) is 13.0 Å². The lowest BCUT2D eigenvalue weighted by Crippen LogP contribution is -2.05. The minimum Gasteiger partial charge on any atom is -0.397 e. The van der Waals surface area contributed by atoms with E-state index in [1.165, 1.54) is 51.0 Å². The first kappa shape index (κ1) is 16.8. The van der Waals surface area contributed by atoms with Crippen LogP contribution in [0.5, 0.6) is 0 Å². The zero-order valence-corrected chi connectivity index (χ0v) is 13.0. The standard InChI is InChI=1S/C17H29FN2/c1-3-4-5-6-7-8-9-10-11-20-17-12-14(2)15(18)13-16(17)19/h12-13,20H,3-11,19H2,1-2H3. The van der Waals surface area contributed by atoms with E-state index in [0.29, 0.717) is 11.3 Å². The van der Waals surface area contributed by atoms with Gasteiger partial charge in [0.25, 0.3) is 0 Å². The lowest BCUT2D eigenvalue weighted by atomic mass is 10.1. The van der Waals surface area contributed by atoms with Gasteiger partial charge < -0.3 is 11.1 Å². The fourth-order valence-electron chi connectivity index (χ4n) is 2.33. The molecule has 0 radical (unpaired) electrons. The third-order valence-corrected chi connectivity index (χ3v) is 3.68. The number of hydrogen-bond acceptors (Lipinski definition) is 2. The fraction of sp³-hybridized carbons (Fsp3) is 0.647. The number of hydrogen-bond donors (Lipinski definition) is 2. The van der Waals surface area contributed by atoms with E-state index >= 15 is 0 Å². The summed E-state index contributed by atoms with van der Waals surface area (Å²) < 4.78 is 13.3. The van der Waals surface area contributed by atoms with E-state index in [0.717, 1.165) is 18.7 Å². The molecule has 0 saturated carbocycles. The summed E-state index contributed by atoms with van der Waals surface area (Å²) in [4.78, 5) is 0. The van der Waals surface area contributed by atoms with Crippen LogP contribution < -0.4 is 11.1 Å². The lowest BCUT2D eigenvalue weighted by molar-refractivity contribution is 0.581. The van der Waals surface area contributed by atoms with E-state index < -0.39 is 0 Å². The molecule has 3 N–H and O–H groups in total.